The predicted molar refractivity (Wildman–Crippen MR) is 71.6 cm³/mol. The van der Waals surface area contributed by atoms with Gasteiger partial charge in [-0.2, -0.15) is 0 Å². The number of carbonyl (C=O) groups is 2. The average Bonchev–Trinajstić information content (AvgIpc) is 2.46. The van der Waals surface area contributed by atoms with Crippen LogP contribution in [-0.4, -0.2) is 40.6 Å². The van der Waals surface area contributed by atoms with Crippen molar-refractivity contribution in [2.24, 2.45) is 11.8 Å². The molecule has 0 saturated carbocycles. The van der Waals surface area contributed by atoms with Crippen LogP contribution in [0.2, 0.25) is 0 Å². The van der Waals surface area contributed by atoms with E-state index in [0.717, 1.165) is 6.29 Å². The van der Waals surface area contributed by atoms with Gasteiger partial charge in [0.05, 0.1) is 23.9 Å². The summed E-state index contributed by atoms with van der Waals surface area (Å²) in [6, 6.07) is -0.540. The zero-order chi connectivity index (χ0) is 14.7. The number of esters is 1. The minimum absolute atomic E-state index is 0.0801. The largest absolute Gasteiger partial charge is 0.465 e. The summed E-state index contributed by atoms with van der Waals surface area (Å²) in [6.45, 7) is 3.62. The van der Waals surface area contributed by atoms with Gasteiger partial charge in [0.15, 0.2) is 0 Å². The number of anilines is 1. The van der Waals surface area contributed by atoms with Crippen LogP contribution in [0.15, 0.2) is 12.5 Å². The number of aromatic nitrogens is 2. The second-order valence-corrected chi connectivity index (χ2v) is 4.59. The second kappa shape index (κ2) is 5.77. The molecule has 7 nitrogen and oxygen atoms in total. The first-order chi connectivity index (χ1) is 9.60. The van der Waals surface area contributed by atoms with Crippen molar-refractivity contribution in [2.45, 2.75) is 19.9 Å². The van der Waals surface area contributed by atoms with Gasteiger partial charge in [0.25, 0.3) is 0 Å². The molecule has 3 atom stereocenters. The van der Waals surface area contributed by atoms with Gasteiger partial charge in [-0.3, -0.25) is 4.79 Å². The van der Waals surface area contributed by atoms with Crippen LogP contribution < -0.4 is 5.32 Å². The van der Waals surface area contributed by atoms with Crippen LogP contribution in [0.25, 0.3) is 0 Å². The van der Waals surface area contributed by atoms with Gasteiger partial charge in [-0.15, -0.1) is 0 Å². The maximum Gasteiger partial charge on any atom is 0.317 e. The summed E-state index contributed by atoms with van der Waals surface area (Å²) in [7, 11) is 0. The third kappa shape index (κ3) is 2.38. The molecule has 0 amide bonds. The van der Waals surface area contributed by atoms with Gasteiger partial charge < -0.3 is 20.3 Å². The molecule has 7 heteroatoms. The second-order valence-electron chi connectivity index (χ2n) is 4.59. The number of ether oxygens (including phenoxy) is 1. The zero-order valence-electron chi connectivity index (χ0n) is 11.3. The Bertz CT molecular complexity index is 546. The number of carbonyl (C=O) groups excluding carboxylic acids is 2. The molecule has 1 aromatic rings. The number of hydrogen-bond donors (Lipinski definition) is 2. The van der Waals surface area contributed by atoms with Crippen molar-refractivity contribution in [3.63, 3.8) is 0 Å². The standard InChI is InChI=1S/C13H16N4O3/c1-3-20-13(19)9-10(14)8-4-15-6-16-12(8)17-11(9)7(2)5-18/h4-7,9,11,14H,3H2,1-2H3,(H,15,16,17). The van der Waals surface area contributed by atoms with Gasteiger partial charge in [-0.05, 0) is 6.92 Å². The van der Waals surface area contributed by atoms with Crippen molar-refractivity contribution in [3.8, 4) is 0 Å². The maximum absolute atomic E-state index is 12.1. The summed E-state index contributed by atoms with van der Waals surface area (Å²) >= 11 is 0. The Labute approximate surface area is 116 Å². The highest BCUT2D eigenvalue weighted by Crippen LogP contribution is 2.30. The lowest BCUT2D eigenvalue weighted by Gasteiger charge is -2.34. The first-order valence-electron chi connectivity index (χ1n) is 6.37. The molecule has 1 aliphatic heterocycles. The van der Waals surface area contributed by atoms with Crippen LogP contribution >= 0.6 is 0 Å². The molecule has 1 aromatic heterocycles. The molecule has 0 bridgehead atoms. The SMILES string of the molecule is CCOC(=O)C1C(=N)c2cncnc2NC1C(C)C=O. The van der Waals surface area contributed by atoms with Gasteiger partial charge in [-0.25, -0.2) is 9.97 Å². The quantitative estimate of drug-likeness (QED) is 0.618. The molecule has 2 heterocycles. The number of nitrogens with one attached hydrogen (secondary N) is 2. The molecule has 20 heavy (non-hydrogen) atoms. The van der Waals surface area contributed by atoms with Crippen molar-refractivity contribution in [1.29, 1.82) is 5.41 Å². The number of fused-ring (bicyclic) bond motifs is 1. The van der Waals surface area contributed by atoms with E-state index in [1.54, 1.807) is 13.8 Å². The molecule has 2 rings (SSSR count). The Morgan fingerprint density at radius 1 is 1.65 bits per heavy atom. The highest BCUT2D eigenvalue weighted by Gasteiger charge is 2.42. The molecular formula is C13H16N4O3. The van der Waals surface area contributed by atoms with E-state index in [2.05, 4.69) is 15.3 Å². The van der Waals surface area contributed by atoms with Crippen molar-refractivity contribution >= 4 is 23.8 Å². The van der Waals surface area contributed by atoms with E-state index in [-0.39, 0.29) is 12.3 Å². The Kier molecular flexibility index (Phi) is 4.07. The lowest BCUT2D eigenvalue weighted by Crippen LogP contribution is -2.48. The molecule has 0 spiro atoms. The fraction of sp³-hybridized carbons (Fsp3) is 0.462. The minimum Gasteiger partial charge on any atom is -0.465 e. The highest BCUT2D eigenvalue weighted by molar-refractivity contribution is 6.14. The van der Waals surface area contributed by atoms with E-state index in [4.69, 9.17) is 10.1 Å². The van der Waals surface area contributed by atoms with Crippen LogP contribution in [0.1, 0.15) is 19.4 Å². The van der Waals surface area contributed by atoms with Crippen LogP contribution in [-0.2, 0) is 14.3 Å². The van der Waals surface area contributed by atoms with Crippen LogP contribution in [0, 0.1) is 17.2 Å². The summed E-state index contributed by atoms with van der Waals surface area (Å²) in [5.74, 6) is -1.34. The van der Waals surface area contributed by atoms with Gasteiger partial charge >= 0.3 is 5.97 Å². The lowest BCUT2D eigenvalue weighted by atomic mass is 9.81. The third-order valence-electron chi connectivity index (χ3n) is 3.30. The molecule has 0 fully saturated rings. The zero-order valence-corrected chi connectivity index (χ0v) is 11.3. The number of nitrogens with zero attached hydrogens (tertiary/aromatic N) is 2. The van der Waals surface area contributed by atoms with Gasteiger partial charge in [-0.1, -0.05) is 6.92 Å². The predicted octanol–water partition coefficient (Wildman–Crippen LogP) is 0.653. The van der Waals surface area contributed by atoms with Gasteiger partial charge in [0.1, 0.15) is 24.3 Å². The van der Waals surface area contributed by atoms with Crippen molar-refractivity contribution in [1.82, 2.24) is 9.97 Å². The van der Waals surface area contributed by atoms with E-state index in [1.165, 1.54) is 12.5 Å². The molecule has 3 unspecified atom stereocenters. The lowest BCUT2D eigenvalue weighted by molar-refractivity contribution is -0.146. The average molecular weight is 276 g/mol. The van der Waals surface area contributed by atoms with Crippen molar-refractivity contribution in [2.75, 3.05) is 11.9 Å². The molecule has 1 aliphatic rings. The van der Waals surface area contributed by atoms with E-state index in [0.29, 0.717) is 11.4 Å². The van der Waals surface area contributed by atoms with Crippen LogP contribution in [0.3, 0.4) is 0 Å². The summed E-state index contributed by atoms with van der Waals surface area (Å²) in [6.07, 6.45) is 3.58. The Morgan fingerprint density at radius 2 is 2.40 bits per heavy atom. The fourth-order valence-corrected chi connectivity index (χ4v) is 2.25. The Hall–Kier alpha value is -2.31. The number of rotatable bonds is 4. The van der Waals surface area contributed by atoms with E-state index in [9.17, 15) is 9.59 Å². The molecule has 0 radical (unpaired) electrons. The topological polar surface area (TPSA) is 105 Å². The van der Waals surface area contributed by atoms with Gasteiger partial charge in [0, 0.05) is 12.1 Å². The van der Waals surface area contributed by atoms with Crippen molar-refractivity contribution in [3.05, 3.63) is 18.1 Å². The maximum atomic E-state index is 12.1. The fourth-order valence-electron chi connectivity index (χ4n) is 2.25. The third-order valence-corrected chi connectivity index (χ3v) is 3.30. The van der Waals surface area contributed by atoms with E-state index >= 15 is 0 Å². The molecule has 0 aliphatic carbocycles. The molecule has 2 N–H and O–H groups in total. The number of aldehydes is 1. The van der Waals surface area contributed by atoms with Crippen molar-refractivity contribution < 1.29 is 14.3 Å². The van der Waals surface area contributed by atoms with Crippen LogP contribution in [0.5, 0.6) is 0 Å². The molecule has 0 saturated heterocycles. The highest BCUT2D eigenvalue weighted by atomic mass is 16.5. The Morgan fingerprint density at radius 3 is 3.05 bits per heavy atom. The monoisotopic (exact) mass is 276 g/mol. The smallest absolute Gasteiger partial charge is 0.317 e. The summed E-state index contributed by atoms with van der Waals surface area (Å²) in [5, 5.41) is 11.2. The summed E-state index contributed by atoms with van der Waals surface area (Å²) in [5.41, 5.74) is 0.538. The first kappa shape index (κ1) is 14.1. The summed E-state index contributed by atoms with van der Waals surface area (Å²) < 4.78 is 5.02. The minimum atomic E-state index is -0.839. The number of hydrogen-bond acceptors (Lipinski definition) is 7. The Balaban J connectivity index is 2.42. The first-order valence-corrected chi connectivity index (χ1v) is 6.37. The normalized spacial score (nSPS) is 22.4. The molecule has 106 valence electrons. The molecular weight excluding hydrogens is 260 g/mol. The summed E-state index contributed by atoms with van der Waals surface area (Å²) in [4.78, 5) is 31.1. The van der Waals surface area contributed by atoms with E-state index in [1.807, 2.05) is 0 Å². The van der Waals surface area contributed by atoms with Crippen LogP contribution in [0.4, 0.5) is 5.82 Å². The van der Waals surface area contributed by atoms with Gasteiger partial charge in [0.2, 0.25) is 0 Å². The van der Waals surface area contributed by atoms with E-state index < -0.39 is 23.8 Å². The molecule has 0 aromatic carbocycles.